The molecule has 0 aliphatic rings. The number of halogens is 2. The zero-order valence-corrected chi connectivity index (χ0v) is 11.5. The van der Waals surface area contributed by atoms with Crippen molar-refractivity contribution >= 4 is 37.8 Å². The standard InChI is InChI=1S/C11H12Br2O2/c1-2-15-11(14)10(13)9-6-4-3-5-8(9)7-12/h3-6,10H,2,7H2,1H3. The first-order valence-electron chi connectivity index (χ1n) is 4.65. The van der Waals surface area contributed by atoms with E-state index in [1.807, 2.05) is 24.3 Å². The summed E-state index contributed by atoms with van der Waals surface area (Å²) < 4.78 is 4.96. The second-order valence-corrected chi connectivity index (χ2v) is 4.42. The molecule has 1 aromatic rings. The molecule has 15 heavy (non-hydrogen) atoms. The summed E-state index contributed by atoms with van der Waals surface area (Å²) in [6, 6.07) is 7.77. The molecule has 0 amide bonds. The first-order valence-corrected chi connectivity index (χ1v) is 6.68. The monoisotopic (exact) mass is 334 g/mol. The number of benzene rings is 1. The van der Waals surface area contributed by atoms with E-state index in [9.17, 15) is 4.79 Å². The number of carbonyl (C=O) groups excluding carboxylic acids is 1. The minimum atomic E-state index is -0.383. The summed E-state index contributed by atoms with van der Waals surface area (Å²) in [5, 5.41) is 0.727. The summed E-state index contributed by atoms with van der Waals surface area (Å²) in [5.41, 5.74) is 2.04. The molecule has 0 N–H and O–H groups in total. The average Bonchev–Trinajstić information content (AvgIpc) is 2.28. The predicted molar refractivity (Wildman–Crippen MR) is 67.4 cm³/mol. The van der Waals surface area contributed by atoms with Crippen LogP contribution in [-0.2, 0) is 14.9 Å². The number of esters is 1. The van der Waals surface area contributed by atoms with Gasteiger partial charge in [0.1, 0.15) is 4.83 Å². The Bertz CT molecular complexity index is 339. The minimum absolute atomic E-state index is 0.245. The first kappa shape index (κ1) is 12.7. The molecule has 1 aromatic carbocycles. The van der Waals surface area contributed by atoms with Gasteiger partial charge in [-0.2, -0.15) is 0 Å². The molecule has 1 unspecified atom stereocenters. The molecule has 0 bridgehead atoms. The van der Waals surface area contributed by atoms with E-state index in [0.717, 1.165) is 16.5 Å². The summed E-state index contributed by atoms with van der Waals surface area (Å²) in [4.78, 5) is 11.1. The number of rotatable bonds is 4. The van der Waals surface area contributed by atoms with Gasteiger partial charge in [-0.1, -0.05) is 56.1 Å². The van der Waals surface area contributed by atoms with Gasteiger partial charge < -0.3 is 4.74 Å². The third kappa shape index (κ3) is 3.31. The maximum Gasteiger partial charge on any atom is 0.324 e. The van der Waals surface area contributed by atoms with E-state index in [1.54, 1.807) is 6.92 Å². The Balaban J connectivity index is 2.89. The number of hydrogen-bond donors (Lipinski definition) is 0. The third-order valence-corrected chi connectivity index (χ3v) is 3.44. The van der Waals surface area contributed by atoms with Gasteiger partial charge in [-0.3, -0.25) is 4.79 Å². The molecule has 4 heteroatoms. The SMILES string of the molecule is CCOC(=O)C(Br)c1ccccc1CBr. The Labute approximate surface area is 106 Å². The lowest BCUT2D eigenvalue weighted by Crippen LogP contribution is -2.12. The van der Waals surface area contributed by atoms with Crippen molar-refractivity contribution in [3.05, 3.63) is 35.4 Å². The van der Waals surface area contributed by atoms with Crippen LogP contribution < -0.4 is 0 Å². The summed E-state index contributed by atoms with van der Waals surface area (Å²) in [6.07, 6.45) is 0. The highest BCUT2D eigenvalue weighted by Crippen LogP contribution is 2.28. The smallest absolute Gasteiger partial charge is 0.324 e. The van der Waals surface area contributed by atoms with E-state index in [2.05, 4.69) is 31.9 Å². The average molecular weight is 336 g/mol. The summed E-state index contributed by atoms with van der Waals surface area (Å²) in [6.45, 7) is 2.20. The molecule has 2 nitrogen and oxygen atoms in total. The van der Waals surface area contributed by atoms with E-state index in [-0.39, 0.29) is 10.8 Å². The molecule has 0 saturated heterocycles. The largest absolute Gasteiger partial charge is 0.465 e. The van der Waals surface area contributed by atoms with Gasteiger partial charge in [0.15, 0.2) is 0 Å². The van der Waals surface area contributed by atoms with Crippen molar-refractivity contribution in [3.63, 3.8) is 0 Å². The summed E-state index contributed by atoms with van der Waals surface area (Å²) >= 11 is 6.74. The Morgan fingerprint density at radius 2 is 2.13 bits per heavy atom. The van der Waals surface area contributed by atoms with Crippen molar-refractivity contribution < 1.29 is 9.53 Å². The van der Waals surface area contributed by atoms with Crippen LogP contribution in [0.2, 0.25) is 0 Å². The van der Waals surface area contributed by atoms with Gasteiger partial charge in [-0.05, 0) is 18.1 Å². The first-order chi connectivity index (χ1) is 7.20. The van der Waals surface area contributed by atoms with Crippen LogP contribution in [0, 0.1) is 0 Å². The van der Waals surface area contributed by atoms with Crippen LogP contribution in [0.15, 0.2) is 24.3 Å². The van der Waals surface area contributed by atoms with E-state index < -0.39 is 0 Å². The molecule has 82 valence electrons. The molecule has 0 saturated carbocycles. The Morgan fingerprint density at radius 1 is 1.47 bits per heavy atom. The van der Waals surface area contributed by atoms with Crippen molar-refractivity contribution in [1.29, 1.82) is 0 Å². The fraction of sp³-hybridized carbons (Fsp3) is 0.364. The topological polar surface area (TPSA) is 26.3 Å². The van der Waals surface area contributed by atoms with E-state index in [4.69, 9.17) is 4.74 Å². The van der Waals surface area contributed by atoms with Gasteiger partial charge in [0.25, 0.3) is 0 Å². The number of hydrogen-bond acceptors (Lipinski definition) is 2. The number of ether oxygens (including phenoxy) is 1. The molecule has 0 fully saturated rings. The van der Waals surface area contributed by atoms with Crippen LogP contribution in [0.1, 0.15) is 22.9 Å². The van der Waals surface area contributed by atoms with E-state index in [0.29, 0.717) is 6.61 Å². The molecule has 0 heterocycles. The zero-order valence-electron chi connectivity index (χ0n) is 8.37. The lowest BCUT2D eigenvalue weighted by Gasteiger charge is -2.12. The van der Waals surface area contributed by atoms with Gasteiger partial charge in [-0.15, -0.1) is 0 Å². The number of carbonyl (C=O) groups is 1. The van der Waals surface area contributed by atoms with Crippen molar-refractivity contribution in [1.82, 2.24) is 0 Å². The van der Waals surface area contributed by atoms with Crippen molar-refractivity contribution in [2.45, 2.75) is 17.1 Å². The number of alkyl halides is 2. The van der Waals surface area contributed by atoms with Gasteiger partial charge in [0.2, 0.25) is 0 Å². The molecule has 0 aromatic heterocycles. The maximum absolute atomic E-state index is 11.5. The normalized spacial score (nSPS) is 12.2. The molecule has 1 atom stereocenters. The Hall–Kier alpha value is -0.350. The van der Waals surface area contributed by atoms with Gasteiger partial charge in [0.05, 0.1) is 6.61 Å². The van der Waals surface area contributed by atoms with Crippen molar-refractivity contribution in [3.8, 4) is 0 Å². The Kier molecular flexibility index (Phi) is 5.32. The lowest BCUT2D eigenvalue weighted by molar-refractivity contribution is -0.142. The fourth-order valence-electron chi connectivity index (χ4n) is 1.25. The van der Waals surface area contributed by atoms with Crippen molar-refractivity contribution in [2.24, 2.45) is 0 Å². The van der Waals surface area contributed by atoms with E-state index >= 15 is 0 Å². The van der Waals surface area contributed by atoms with Gasteiger partial charge in [0, 0.05) is 5.33 Å². The van der Waals surface area contributed by atoms with Crippen LogP contribution in [0.5, 0.6) is 0 Å². The van der Waals surface area contributed by atoms with E-state index in [1.165, 1.54) is 0 Å². The maximum atomic E-state index is 11.5. The zero-order chi connectivity index (χ0) is 11.3. The van der Waals surface area contributed by atoms with Crippen LogP contribution in [0.3, 0.4) is 0 Å². The molecule has 0 aliphatic carbocycles. The molecule has 0 radical (unpaired) electrons. The molecule has 0 spiro atoms. The highest BCUT2D eigenvalue weighted by atomic mass is 79.9. The summed E-state index contributed by atoms with van der Waals surface area (Å²) in [5.74, 6) is -0.245. The van der Waals surface area contributed by atoms with Gasteiger partial charge in [-0.25, -0.2) is 0 Å². The predicted octanol–water partition coefficient (Wildman–Crippen LogP) is 3.58. The fourth-order valence-corrected chi connectivity index (χ4v) is 2.34. The molecule has 0 aliphatic heterocycles. The molecule has 1 rings (SSSR count). The van der Waals surface area contributed by atoms with Crippen molar-refractivity contribution in [2.75, 3.05) is 6.61 Å². The van der Waals surface area contributed by atoms with Crippen LogP contribution in [0.25, 0.3) is 0 Å². The molecular weight excluding hydrogens is 324 g/mol. The minimum Gasteiger partial charge on any atom is -0.465 e. The molecular formula is C11H12Br2O2. The van der Waals surface area contributed by atoms with Gasteiger partial charge >= 0.3 is 5.97 Å². The second-order valence-electron chi connectivity index (χ2n) is 2.95. The van der Waals surface area contributed by atoms with Crippen LogP contribution >= 0.6 is 31.9 Å². The third-order valence-electron chi connectivity index (χ3n) is 1.97. The highest BCUT2D eigenvalue weighted by molar-refractivity contribution is 9.09. The van der Waals surface area contributed by atoms with Crippen LogP contribution in [-0.4, -0.2) is 12.6 Å². The Morgan fingerprint density at radius 3 is 2.73 bits per heavy atom. The lowest BCUT2D eigenvalue weighted by atomic mass is 10.1. The second kappa shape index (κ2) is 6.28. The summed E-state index contributed by atoms with van der Waals surface area (Å²) in [7, 11) is 0. The van der Waals surface area contributed by atoms with Crippen LogP contribution in [0.4, 0.5) is 0 Å². The quantitative estimate of drug-likeness (QED) is 0.621. The highest BCUT2D eigenvalue weighted by Gasteiger charge is 2.20.